The van der Waals surface area contributed by atoms with Crippen molar-refractivity contribution in [1.82, 2.24) is 10.2 Å². The van der Waals surface area contributed by atoms with Gasteiger partial charge in [0, 0.05) is 31.3 Å². The molecule has 0 bridgehead atoms. The molecule has 10 nitrogen and oxygen atoms in total. The monoisotopic (exact) mass is 528 g/mol. The summed E-state index contributed by atoms with van der Waals surface area (Å²) < 4.78 is 42.3. The zero-order chi connectivity index (χ0) is 27.2. The third-order valence-electron chi connectivity index (χ3n) is 5.67. The molecule has 37 heavy (non-hydrogen) atoms. The predicted molar refractivity (Wildman–Crippen MR) is 135 cm³/mol. The number of non-ortho nitro benzene ring substituents is 1. The molecule has 0 fully saturated rings. The Morgan fingerprint density at radius 2 is 1.59 bits per heavy atom. The van der Waals surface area contributed by atoms with Crippen LogP contribution in [0.2, 0.25) is 0 Å². The van der Waals surface area contributed by atoms with Gasteiger partial charge >= 0.3 is 0 Å². The number of anilines is 1. The third-order valence-corrected chi connectivity index (χ3v) is 7.46. The van der Waals surface area contributed by atoms with E-state index < -0.39 is 45.2 Å². The van der Waals surface area contributed by atoms with Crippen molar-refractivity contribution in [3.63, 3.8) is 0 Å². The van der Waals surface area contributed by atoms with Crippen LogP contribution in [0.15, 0.2) is 83.8 Å². The fraction of sp³-hybridized carbons (Fsp3) is 0.200. The summed E-state index contributed by atoms with van der Waals surface area (Å²) in [6, 6.07) is 16.7. The van der Waals surface area contributed by atoms with Crippen LogP contribution in [0.5, 0.6) is 0 Å². The molecule has 3 aromatic rings. The van der Waals surface area contributed by atoms with Gasteiger partial charge in [-0.05, 0) is 37.3 Å². The number of hydrogen-bond acceptors (Lipinski definition) is 6. The van der Waals surface area contributed by atoms with Gasteiger partial charge in [0.15, 0.2) is 0 Å². The van der Waals surface area contributed by atoms with E-state index in [0.29, 0.717) is 0 Å². The van der Waals surface area contributed by atoms with Crippen LogP contribution in [-0.2, 0) is 26.2 Å². The van der Waals surface area contributed by atoms with Crippen molar-refractivity contribution in [3.05, 3.63) is 100 Å². The van der Waals surface area contributed by atoms with E-state index in [4.69, 9.17) is 0 Å². The average Bonchev–Trinajstić information content (AvgIpc) is 2.90. The Balaban J connectivity index is 2.05. The van der Waals surface area contributed by atoms with Crippen LogP contribution in [0.1, 0.15) is 12.5 Å². The Morgan fingerprint density at radius 1 is 1.00 bits per heavy atom. The highest BCUT2D eigenvalue weighted by Gasteiger charge is 2.32. The van der Waals surface area contributed by atoms with Gasteiger partial charge in [0.25, 0.3) is 15.7 Å². The Labute approximate surface area is 213 Å². The molecular weight excluding hydrogens is 503 g/mol. The van der Waals surface area contributed by atoms with E-state index in [1.807, 2.05) is 0 Å². The lowest BCUT2D eigenvalue weighted by Gasteiger charge is -2.31. The van der Waals surface area contributed by atoms with Crippen molar-refractivity contribution in [2.45, 2.75) is 24.4 Å². The van der Waals surface area contributed by atoms with Crippen molar-refractivity contribution in [3.8, 4) is 0 Å². The Kier molecular flexibility index (Phi) is 8.56. The number of hydrogen-bond donors (Lipinski definition) is 1. The number of nitro benzene ring substituents is 1. The standard InChI is InChI=1S/C25H25FN4O6S/c1-18(25(32)27-2)28(16-19-8-6-7-11-23(19)26)24(31)17-29(20-12-14-21(15-13-20)30(33)34)37(35,36)22-9-4-3-5-10-22/h3-15,18H,16-17H2,1-2H3,(H,27,32)/t18-/m1/s1. The smallest absolute Gasteiger partial charge is 0.269 e. The maximum Gasteiger partial charge on any atom is 0.269 e. The first-order valence-corrected chi connectivity index (χ1v) is 12.6. The number of carbonyl (C=O) groups excluding carboxylic acids is 2. The summed E-state index contributed by atoms with van der Waals surface area (Å²) in [4.78, 5) is 37.4. The number of benzene rings is 3. The Bertz CT molecular complexity index is 1380. The van der Waals surface area contributed by atoms with Crippen molar-refractivity contribution >= 4 is 33.2 Å². The number of nitro groups is 1. The summed E-state index contributed by atoms with van der Waals surface area (Å²) in [5, 5.41) is 13.5. The van der Waals surface area contributed by atoms with Gasteiger partial charge in [-0.1, -0.05) is 36.4 Å². The van der Waals surface area contributed by atoms with Crippen LogP contribution in [0.3, 0.4) is 0 Å². The minimum absolute atomic E-state index is 0.00115. The molecule has 0 spiro atoms. The van der Waals surface area contributed by atoms with E-state index in [-0.39, 0.29) is 28.4 Å². The lowest BCUT2D eigenvalue weighted by Crippen LogP contribution is -2.50. The summed E-state index contributed by atoms with van der Waals surface area (Å²) in [5.74, 6) is -1.90. The van der Waals surface area contributed by atoms with Crippen LogP contribution in [-0.4, -0.2) is 49.7 Å². The van der Waals surface area contributed by atoms with E-state index in [9.17, 15) is 32.5 Å². The normalized spacial score (nSPS) is 11.9. The lowest BCUT2D eigenvalue weighted by molar-refractivity contribution is -0.384. The van der Waals surface area contributed by atoms with Crippen LogP contribution in [0, 0.1) is 15.9 Å². The second kappa shape index (κ2) is 11.6. The van der Waals surface area contributed by atoms with E-state index in [2.05, 4.69) is 5.32 Å². The molecule has 0 aliphatic carbocycles. The number of sulfonamides is 1. The molecule has 0 heterocycles. The molecule has 194 valence electrons. The molecule has 3 aromatic carbocycles. The number of likely N-dealkylation sites (N-methyl/N-ethyl adjacent to an activating group) is 1. The highest BCUT2D eigenvalue weighted by Crippen LogP contribution is 2.26. The second-order valence-electron chi connectivity index (χ2n) is 8.00. The minimum atomic E-state index is -4.31. The fourth-order valence-corrected chi connectivity index (χ4v) is 5.03. The van der Waals surface area contributed by atoms with Gasteiger partial charge in [-0.2, -0.15) is 0 Å². The number of amides is 2. The fourth-order valence-electron chi connectivity index (χ4n) is 3.59. The molecule has 0 aromatic heterocycles. The Hall–Kier alpha value is -4.32. The first-order valence-electron chi connectivity index (χ1n) is 11.1. The molecule has 0 unspecified atom stereocenters. The van der Waals surface area contributed by atoms with Gasteiger partial charge in [0.05, 0.1) is 15.5 Å². The van der Waals surface area contributed by atoms with Crippen molar-refractivity contribution in [2.75, 3.05) is 17.9 Å². The molecule has 3 rings (SSSR count). The molecule has 12 heteroatoms. The highest BCUT2D eigenvalue weighted by molar-refractivity contribution is 7.92. The van der Waals surface area contributed by atoms with Crippen molar-refractivity contribution in [2.24, 2.45) is 0 Å². The Morgan fingerprint density at radius 3 is 2.16 bits per heavy atom. The van der Waals surface area contributed by atoms with E-state index in [1.54, 1.807) is 12.1 Å². The second-order valence-corrected chi connectivity index (χ2v) is 9.86. The van der Waals surface area contributed by atoms with Crippen LogP contribution >= 0.6 is 0 Å². The largest absolute Gasteiger partial charge is 0.357 e. The van der Waals surface area contributed by atoms with Gasteiger partial charge in [0.2, 0.25) is 11.8 Å². The quantitative estimate of drug-likeness (QED) is 0.318. The lowest BCUT2D eigenvalue weighted by atomic mass is 10.1. The number of halogens is 1. The maximum atomic E-state index is 14.4. The number of nitrogens with one attached hydrogen (secondary N) is 1. The maximum absolute atomic E-state index is 14.4. The first kappa shape index (κ1) is 27.3. The third kappa shape index (κ3) is 6.28. The van der Waals surface area contributed by atoms with Crippen LogP contribution < -0.4 is 9.62 Å². The van der Waals surface area contributed by atoms with Gasteiger partial charge in [-0.3, -0.25) is 24.0 Å². The SMILES string of the molecule is CNC(=O)[C@@H](C)N(Cc1ccccc1F)C(=O)CN(c1ccc([N+](=O)[O-])cc1)S(=O)(=O)c1ccccc1. The van der Waals surface area contributed by atoms with Gasteiger partial charge < -0.3 is 10.2 Å². The zero-order valence-electron chi connectivity index (χ0n) is 20.1. The molecule has 0 radical (unpaired) electrons. The van der Waals surface area contributed by atoms with E-state index >= 15 is 0 Å². The minimum Gasteiger partial charge on any atom is -0.357 e. The van der Waals surface area contributed by atoms with Crippen LogP contribution in [0.25, 0.3) is 0 Å². The van der Waals surface area contributed by atoms with E-state index in [0.717, 1.165) is 21.3 Å². The first-order chi connectivity index (χ1) is 17.6. The molecule has 1 atom stereocenters. The molecule has 0 aliphatic rings. The van der Waals surface area contributed by atoms with Crippen molar-refractivity contribution < 1.29 is 27.3 Å². The number of carbonyl (C=O) groups is 2. The molecule has 0 saturated heterocycles. The molecule has 0 aliphatic heterocycles. The molecule has 1 N–H and O–H groups in total. The van der Waals surface area contributed by atoms with Crippen molar-refractivity contribution in [1.29, 1.82) is 0 Å². The number of rotatable bonds is 10. The molecule has 2 amide bonds. The predicted octanol–water partition coefficient (Wildman–Crippen LogP) is 3.09. The topological polar surface area (TPSA) is 130 Å². The van der Waals surface area contributed by atoms with Gasteiger partial charge in [-0.25, -0.2) is 12.8 Å². The van der Waals surface area contributed by atoms with Gasteiger partial charge in [0.1, 0.15) is 18.4 Å². The summed E-state index contributed by atoms with van der Waals surface area (Å²) in [6.45, 7) is 0.407. The highest BCUT2D eigenvalue weighted by atomic mass is 32.2. The van der Waals surface area contributed by atoms with Crippen LogP contribution in [0.4, 0.5) is 15.8 Å². The molecule has 0 saturated carbocycles. The summed E-state index contributed by atoms with van der Waals surface area (Å²) in [6.07, 6.45) is 0. The average molecular weight is 529 g/mol. The summed E-state index contributed by atoms with van der Waals surface area (Å²) in [5.41, 5.74) is -0.123. The van der Waals surface area contributed by atoms with Gasteiger partial charge in [-0.15, -0.1) is 0 Å². The zero-order valence-corrected chi connectivity index (χ0v) is 20.9. The summed E-state index contributed by atoms with van der Waals surface area (Å²) in [7, 11) is -2.92. The summed E-state index contributed by atoms with van der Waals surface area (Å²) >= 11 is 0. The number of nitrogens with zero attached hydrogens (tertiary/aromatic N) is 3. The van der Waals surface area contributed by atoms with E-state index in [1.165, 1.54) is 68.6 Å². The molecular formula is C25H25FN4O6S.